The van der Waals surface area contributed by atoms with Crippen molar-refractivity contribution in [2.24, 2.45) is 0 Å². The molecule has 2 aromatic rings. The molecule has 0 saturated heterocycles. The van der Waals surface area contributed by atoms with Crippen molar-refractivity contribution in [3.05, 3.63) is 60.2 Å². The fraction of sp³-hybridized carbons (Fsp3) is 0.154. The van der Waals surface area contributed by atoms with Gasteiger partial charge in [-0.15, -0.1) is 0 Å². The highest BCUT2D eigenvalue weighted by Crippen LogP contribution is 2.11. The first-order valence-corrected chi connectivity index (χ1v) is 5.03. The Morgan fingerprint density at radius 2 is 2.33 bits per heavy atom. The fourth-order valence-corrected chi connectivity index (χ4v) is 1.69. The van der Waals surface area contributed by atoms with Gasteiger partial charge >= 0.3 is 0 Å². The van der Waals surface area contributed by atoms with Gasteiger partial charge in [-0.1, -0.05) is 30.9 Å². The molecule has 0 saturated carbocycles. The molecule has 1 aromatic carbocycles. The van der Waals surface area contributed by atoms with Crippen molar-refractivity contribution in [2.75, 3.05) is 0 Å². The predicted octanol–water partition coefficient (Wildman–Crippen LogP) is 2.30. The molecule has 0 aliphatic rings. The van der Waals surface area contributed by atoms with Crippen LogP contribution in [0.3, 0.4) is 0 Å². The Labute approximate surface area is 89.9 Å². The van der Waals surface area contributed by atoms with E-state index in [0.29, 0.717) is 0 Å². The second-order valence-corrected chi connectivity index (χ2v) is 3.68. The minimum Gasteiger partial charge on any atom is -0.250 e. The van der Waals surface area contributed by atoms with E-state index in [0.717, 1.165) is 6.54 Å². The first kappa shape index (κ1) is 9.71. The molecule has 2 rings (SSSR count). The minimum absolute atomic E-state index is 0.905. The van der Waals surface area contributed by atoms with Crippen LogP contribution in [0, 0.1) is 6.92 Å². The summed E-state index contributed by atoms with van der Waals surface area (Å²) in [4.78, 5) is 3.03. The zero-order valence-corrected chi connectivity index (χ0v) is 8.90. The summed E-state index contributed by atoms with van der Waals surface area (Å²) < 4.78 is 2.11. The number of nitrogens with one attached hydrogen (secondary N) is 1. The second-order valence-electron chi connectivity index (χ2n) is 3.68. The molecule has 0 radical (unpaired) electrons. The number of aryl methyl sites for hydroxylation is 1. The van der Waals surface area contributed by atoms with Crippen LogP contribution in [-0.2, 0) is 6.54 Å². The van der Waals surface area contributed by atoms with Gasteiger partial charge < -0.3 is 0 Å². The van der Waals surface area contributed by atoms with Crippen molar-refractivity contribution in [3.8, 4) is 0 Å². The van der Waals surface area contributed by atoms with Gasteiger partial charge in [-0.05, 0) is 23.6 Å². The van der Waals surface area contributed by atoms with E-state index in [4.69, 9.17) is 0 Å². The van der Waals surface area contributed by atoms with Gasteiger partial charge in [0.05, 0.1) is 0 Å². The minimum atomic E-state index is 0.905. The van der Waals surface area contributed by atoms with E-state index < -0.39 is 0 Å². The number of rotatable bonds is 3. The lowest BCUT2D eigenvalue weighted by Crippen LogP contribution is -2.30. The third kappa shape index (κ3) is 2.15. The summed E-state index contributed by atoms with van der Waals surface area (Å²) >= 11 is 0. The standard InChI is InChI=1S/C13H14N2/c1-3-13-5-4-12(8-11(13)2)9-15-7-6-14-10-15/h3-8,10H,1,9H2,2H3/p+1. The molecule has 2 nitrogen and oxygen atoms in total. The Morgan fingerprint density at radius 3 is 2.93 bits per heavy atom. The Bertz CT molecular complexity index is 455. The summed E-state index contributed by atoms with van der Waals surface area (Å²) in [6.45, 7) is 6.80. The number of imidazole rings is 1. The van der Waals surface area contributed by atoms with Crippen molar-refractivity contribution < 1.29 is 4.57 Å². The van der Waals surface area contributed by atoms with Crippen LogP contribution in [0.15, 0.2) is 43.5 Å². The number of aromatic nitrogens is 2. The lowest BCUT2D eigenvalue weighted by Gasteiger charge is -2.03. The highest BCUT2D eigenvalue weighted by molar-refractivity contribution is 5.52. The van der Waals surface area contributed by atoms with E-state index in [-0.39, 0.29) is 0 Å². The van der Waals surface area contributed by atoms with Crippen molar-refractivity contribution in [1.29, 1.82) is 0 Å². The van der Waals surface area contributed by atoms with Gasteiger partial charge in [-0.3, -0.25) is 4.98 Å². The molecule has 0 spiro atoms. The number of nitrogens with zero attached hydrogens (tertiary/aromatic N) is 1. The molecule has 0 amide bonds. The first-order valence-electron chi connectivity index (χ1n) is 5.03. The number of H-pyrrole nitrogens is 1. The van der Waals surface area contributed by atoms with Gasteiger partial charge in [0.2, 0.25) is 6.33 Å². The fourth-order valence-electron chi connectivity index (χ4n) is 1.69. The molecule has 0 unspecified atom stereocenters. The van der Waals surface area contributed by atoms with E-state index in [1.165, 1.54) is 16.7 Å². The SMILES string of the molecule is C=Cc1ccc(C[n+]2cc[nH]c2)cc1C. The highest BCUT2D eigenvalue weighted by Gasteiger charge is 2.01. The van der Waals surface area contributed by atoms with Gasteiger partial charge in [0.25, 0.3) is 0 Å². The van der Waals surface area contributed by atoms with Gasteiger partial charge in [-0.2, -0.15) is 0 Å². The molecule has 0 aliphatic carbocycles. The van der Waals surface area contributed by atoms with E-state index in [1.54, 1.807) is 0 Å². The van der Waals surface area contributed by atoms with Crippen molar-refractivity contribution >= 4 is 6.08 Å². The largest absolute Gasteiger partial charge is 0.250 e. The number of benzene rings is 1. The molecule has 1 heterocycles. The van der Waals surface area contributed by atoms with E-state index in [1.807, 2.05) is 24.8 Å². The quantitative estimate of drug-likeness (QED) is 0.732. The molecule has 76 valence electrons. The van der Waals surface area contributed by atoms with Crippen molar-refractivity contribution in [2.45, 2.75) is 13.5 Å². The van der Waals surface area contributed by atoms with Gasteiger partial charge in [0.1, 0.15) is 18.9 Å². The lowest BCUT2D eigenvalue weighted by molar-refractivity contribution is -0.687. The van der Waals surface area contributed by atoms with E-state index in [2.05, 4.69) is 41.3 Å². The third-order valence-electron chi connectivity index (χ3n) is 2.52. The molecule has 0 fully saturated rings. The maximum Gasteiger partial charge on any atom is 0.241 e. The van der Waals surface area contributed by atoms with Crippen molar-refractivity contribution in [1.82, 2.24) is 4.98 Å². The Kier molecular flexibility index (Phi) is 2.68. The van der Waals surface area contributed by atoms with Crippen LogP contribution in [0.4, 0.5) is 0 Å². The van der Waals surface area contributed by atoms with Crippen molar-refractivity contribution in [3.63, 3.8) is 0 Å². The van der Waals surface area contributed by atoms with E-state index in [9.17, 15) is 0 Å². The maximum absolute atomic E-state index is 3.79. The Hall–Kier alpha value is -1.83. The van der Waals surface area contributed by atoms with Gasteiger partial charge in [0, 0.05) is 0 Å². The van der Waals surface area contributed by atoms with Crippen LogP contribution < -0.4 is 4.57 Å². The van der Waals surface area contributed by atoms with Crippen LogP contribution in [-0.4, -0.2) is 4.98 Å². The second kappa shape index (κ2) is 4.13. The molecule has 0 bridgehead atoms. The summed E-state index contributed by atoms with van der Waals surface area (Å²) in [5.41, 5.74) is 3.79. The zero-order valence-electron chi connectivity index (χ0n) is 8.90. The van der Waals surface area contributed by atoms with Crippen LogP contribution in [0.5, 0.6) is 0 Å². The van der Waals surface area contributed by atoms with Gasteiger partial charge in [0.15, 0.2) is 0 Å². The molecule has 0 atom stereocenters. The lowest BCUT2D eigenvalue weighted by atomic mass is 10.1. The number of aromatic amines is 1. The molecule has 1 N–H and O–H groups in total. The average molecular weight is 199 g/mol. The topological polar surface area (TPSA) is 19.7 Å². The van der Waals surface area contributed by atoms with Crippen LogP contribution in [0.1, 0.15) is 16.7 Å². The molecular weight excluding hydrogens is 184 g/mol. The first-order chi connectivity index (χ1) is 7.29. The number of hydrogen-bond donors (Lipinski definition) is 1. The number of hydrogen-bond acceptors (Lipinski definition) is 0. The molecule has 1 aromatic heterocycles. The molecular formula is C13H15N2+. The van der Waals surface area contributed by atoms with Crippen LogP contribution >= 0.6 is 0 Å². The monoisotopic (exact) mass is 199 g/mol. The Balaban J connectivity index is 2.23. The maximum atomic E-state index is 3.79. The summed E-state index contributed by atoms with van der Waals surface area (Å²) in [5.74, 6) is 0. The predicted molar refractivity (Wildman–Crippen MR) is 61.4 cm³/mol. The molecule has 15 heavy (non-hydrogen) atoms. The summed E-state index contributed by atoms with van der Waals surface area (Å²) in [7, 11) is 0. The summed E-state index contributed by atoms with van der Waals surface area (Å²) in [6.07, 6.45) is 7.79. The smallest absolute Gasteiger partial charge is 0.241 e. The normalized spacial score (nSPS) is 10.2. The molecule has 0 aliphatic heterocycles. The molecule has 2 heteroatoms. The van der Waals surface area contributed by atoms with E-state index >= 15 is 0 Å². The zero-order chi connectivity index (χ0) is 10.7. The van der Waals surface area contributed by atoms with Crippen LogP contribution in [0.25, 0.3) is 6.08 Å². The highest BCUT2D eigenvalue weighted by atomic mass is 15.0. The Morgan fingerprint density at radius 1 is 1.47 bits per heavy atom. The van der Waals surface area contributed by atoms with Gasteiger partial charge in [-0.25, -0.2) is 4.57 Å². The summed E-state index contributed by atoms with van der Waals surface area (Å²) in [6, 6.07) is 6.46. The van der Waals surface area contributed by atoms with Crippen LogP contribution in [0.2, 0.25) is 0 Å². The third-order valence-corrected chi connectivity index (χ3v) is 2.52. The average Bonchev–Trinajstić information content (AvgIpc) is 2.71. The summed E-state index contributed by atoms with van der Waals surface area (Å²) in [5, 5.41) is 0.